The van der Waals surface area contributed by atoms with Crippen LogP contribution in [0.15, 0.2) is 0 Å². The monoisotopic (exact) mass is 276 g/mol. The van der Waals surface area contributed by atoms with E-state index in [0.29, 0.717) is 13.2 Å². The maximum atomic E-state index is 11.6. The van der Waals surface area contributed by atoms with Crippen molar-refractivity contribution in [3.05, 3.63) is 0 Å². The first-order chi connectivity index (χ1) is 8.97. The van der Waals surface area contributed by atoms with Crippen LogP contribution in [0.2, 0.25) is 0 Å². The van der Waals surface area contributed by atoms with Crippen LogP contribution >= 0.6 is 0 Å². The van der Waals surface area contributed by atoms with Gasteiger partial charge in [-0.1, -0.05) is 13.8 Å². The minimum absolute atomic E-state index is 0.0557. The second-order valence-electron chi connectivity index (χ2n) is 4.36. The van der Waals surface area contributed by atoms with Crippen LogP contribution in [0, 0.1) is 5.92 Å². The quantitative estimate of drug-likeness (QED) is 0.503. The van der Waals surface area contributed by atoms with Gasteiger partial charge in [0.25, 0.3) is 0 Å². The van der Waals surface area contributed by atoms with Gasteiger partial charge in [-0.25, -0.2) is 9.59 Å². The van der Waals surface area contributed by atoms with Gasteiger partial charge in [0, 0.05) is 13.2 Å². The fourth-order valence-corrected chi connectivity index (χ4v) is 1.26. The summed E-state index contributed by atoms with van der Waals surface area (Å²) in [7, 11) is 0. The molecule has 0 saturated carbocycles. The van der Waals surface area contributed by atoms with Crippen molar-refractivity contribution in [2.24, 2.45) is 5.92 Å². The van der Waals surface area contributed by atoms with Crippen molar-refractivity contribution in [1.82, 2.24) is 10.6 Å². The molecule has 0 aromatic rings. The molecule has 0 rings (SSSR count). The molecule has 19 heavy (non-hydrogen) atoms. The van der Waals surface area contributed by atoms with Crippen molar-refractivity contribution in [3.8, 4) is 0 Å². The molecule has 0 heterocycles. The summed E-state index contributed by atoms with van der Waals surface area (Å²) in [4.78, 5) is 21.7. The van der Waals surface area contributed by atoms with E-state index < -0.39 is 5.97 Å². The molecule has 1 unspecified atom stereocenters. The molecule has 0 aliphatic carbocycles. The summed E-state index contributed by atoms with van der Waals surface area (Å²) in [6, 6.07) is -0.364. The zero-order valence-electron chi connectivity index (χ0n) is 11.8. The van der Waals surface area contributed by atoms with E-state index in [2.05, 4.69) is 10.6 Å². The van der Waals surface area contributed by atoms with Crippen LogP contribution in [0.5, 0.6) is 0 Å². The first-order valence-electron chi connectivity index (χ1n) is 6.39. The molecular weight excluding hydrogens is 252 g/mol. The van der Waals surface area contributed by atoms with Crippen LogP contribution in [0.3, 0.4) is 0 Å². The lowest BCUT2D eigenvalue weighted by Crippen LogP contribution is -2.47. The Morgan fingerprint density at radius 2 is 1.95 bits per heavy atom. The van der Waals surface area contributed by atoms with Gasteiger partial charge in [-0.15, -0.1) is 0 Å². The van der Waals surface area contributed by atoms with Crippen LogP contribution in [0.4, 0.5) is 4.79 Å². The van der Waals surface area contributed by atoms with Crippen LogP contribution < -0.4 is 10.6 Å². The van der Waals surface area contributed by atoms with Crippen molar-refractivity contribution in [2.75, 3.05) is 33.0 Å². The van der Waals surface area contributed by atoms with E-state index in [4.69, 9.17) is 14.6 Å². The molecule has 0 aromatic carbocycles. The van der Waals surface area contributed by atoms with Gasteiger partial charge in [-0.2, -0.15) is 0 Å². The number of aliphatic carboxylic acids is 1. The number of ether oxygens (including phenoxy) is 2. The molecule has 0 aliphatic rings. The van der Waals surface area contributed by atoms with E-state index in [9.17, 15) is 9.59 Å². The second kappa shape index (κ2) is 10.6. The Morgan fingerprint density at radius 1 is 1.26 bits per heavy atom. The van der Waals surface area contributed by atoms with Crippen LogP contribution in [0.25, 0.3) is 0 Å². The number of carboxylic acids is 1. The number of urea groups is 1. The van der Waals surface area contributed by atoms with E-state index in [0.717, 1.165) is 0 Å². The van der Waals surface area contributed by atoms with Crippen molar-refractivity contribution in [3.63, 3.8) is 0 Å². The second-order valence-corrected chi connectivity index (χ2v) is 4.36. The molecule has 0 saturated heterocycles. The topological polar surface area (TPSA) is 96.9 Å². The number of carbonyl (C=O) groups excluding carboxylic acids is 1. The van der Waals surface area contributed by atoms with Crippen molar-refractivity contribution < 1.29 is 24.2 Å². The Morgan fingerprint density at radius 3 is 2.47 bits per heavy atom. The Hall–Kier alpha value is -1.34. The molecule has 0 radical (unpaired) electrons. The van der Waals surface area contributed by atoms with E-state index in [1.807, 2.05) is 20.8 Å². The van der Waals surface area contributed by atoms with Gasteiger partial charge in [0.2, 0.25) is 0 Å². The zero-order chi connectivity index (χ0) is 14.7. The van der Waals surface area contributed by atoms with Crippen molar-refractivity contribution in [1.29, 1.82) is 0 Å². The summed E-state index contributed by atoms with van der Waals surface area (Å²) < 4.78 is 10.1. The lowest BCUT2D eigenvalue weighted by atomic mass is 10.1. The minimum atomic E-state index is -1.03. The molecular formula is C12H24N2O5. The number of carboxylic acid groups (broad SMARTS) is 1. The minimum Gasteiger partial charge on any atom is -0.480 e. The fourth-order valence-electron chi connectivity index (χ4n) is 1.26. The Bertz CT molecular complexity index is 271. The van der Waals surface area contributed by atoms with Crippen molar-refractivity contribution in [2.45, 2.75) is 26.8 Å². The van der Waals surface area contributed by atoms with Crippen LogP contribution in [0.1, 0.15) is 20.8 Å². The van der Waals surface area contributed by atoms with Gasteiger partial charge < -0.3 is 25.2 Å². The molecule has 2 amide bonds. The van der Waals surface area contributed by atoms with Gasteiger partial charge in [-0.3, -0.25) is 0 Å². The molecule has 0 fully saturated rings. The molecule has 7 nitrogen and oxygen atoms in total. The zero-order valence-corrected chi connectivity index (χ0v) is 11.8. The summed E-state index contributed by atoms with van der Waals surface area (Å²) in [5.41, 5.74) is 0. The van der Waals surface area contributed by atoms with Crippen LogP contribution in [-0.4, -0.2) is 56.1 Å². The molecule has 1 atom stereocenters. The molecule has 0 aromatic heterocycles. The first kappa shape index (κ1) is 17.7. The number of amides is 2. The Labute approximate surface area is 113 Å². The predicted molar refractivity (Wildman–Crippen MR) is 70.1 cm³/mol. The summed E-state index contributed by atoms with van der Waals surface area (Å²) in [5.74, 6) is -0.762. The highest BCUT2D eigenvalue weighted by atomic mass is 16.5. The molecule has 112 valence electrons. The van der Waals surface area contributed by atoms with Gasteiger partial charge in [0.15, 0.2) is 0 Å². The molecule has 0 aliphatic heterocycles. The van der Waals surface area contributed by atoms with Gasteiger partial charge in [0.1, 0.15) is 6.61 Å². The van der Waals surface area contributed by atoms with E-state index in [1.54, 1.807) is 0 Å². The number of nitrogens with one attached hydrogen (secondary N) is 2. The average Bonchev–Trinajstić information content (AvgIpc) is 2.33. The highest BCUT2D eigenvalue weighted by Gasteiger charge is 2.15. The number of carbonyl (C=O) groups is 2. The van der Waals surface area contributed by atoms with Gasteiger partial charge >= 0.3 is 12.0 Å². The third-order valence-electron chi connectivity index (χ3n) is 2.38. The maximum absolute atomic E-state index is 11.6. The first-order valence-corrected chi connectivity index (χ1v) is 6.39. The lowest BCUT2D eigenvalue weighted by molar-refractivity contribution is -0.142. The number of rotatable bonds is 10. The number of hydrogen-bond acceptors (Lipinski definition) is 4. The highest BCUT2D eigenvalue weighted by Crippen LogP contribution is 2.01. The Kier molecular flexibility index (Phi) is 9.82. The normalized spacial score (nSPS) is 12.2. The third kappa shape index (κ3) is 10.3. The highest BCUT2D eigenvalue weighted by molar-refractivity contribution is 5.74. The lowest BCUT2D eigenvalue weighted by Gasteiger charge is -2.22. The van der Waals surface area contributed by atoms with Gasteiger partial charge in [0.05, 0.1) is 19.3 Å². The fraction of sp³-hybridized carbons (Fsp3) is 0.833. The number of hydrogen-bond donors (Lipinski definition) is 3. The van der Waals surface area contributed by atoms with Crippen molar-refractivity contribution >= 4 is 12.0 Å². The average molecular weight is 276 g/mol. The molecule has 0 spiro atoms. The third-order valence-corrected chi connectivity index (χ3v) is 2.38. The van der Waals surface area contributed by atoms with Crippen LogP contribution in [-0.2, 0) is 14.3 Å². The van der Waals surface area contributed by atoms with E-state index in [1.165, 1.54) is 0 Å². The van der Waals surface area contributed by atoms with E-state index >= 15 is 0 Å². The van der Waals surface area contributed by atoms with Gasteiger partial charge in [-0.05, 0) is 12.8 Å². The predicted octanol–water partition coefficient (Wildman–Crippen LogP) is 0.448. The maximum Gasteiger partial charge on any atom is 0.329 e. The Balaban J connectivity index is 3.77. The molecule has 7 heteroatoms. The largest absolute Gasteiger partial charge is 0.480 e. The smallest absolute Gasteiger partial charge is 0.329 e. The summed E-state index contributed by atoms with van der Waals surface area (Å²) >= 11 is 0. The summed E-state index contributed by atoms with van der Waals surface area (Å²) in [6.45, 7) is 7.04. The standard InChI is InChI=1S/C12H24N2O5/c1-4-18-7-10(9(2)3)14-12(17)13-5-6-19-8-11(15)16/h9-10H,4-8H2,1-3H3,(H,15,16)(H2,13,14,17). The van der Waals surface area contributed by atoms with E-state index in [-0.39, 0.29) is 37.7 Å². The summed E-state index contributed by atoms with van der Waals surface area (Å²) in [6.07, 6.45) is 0. The summed E-state index contributed by atoms with van der Waals surface area (Å²) in [5, 5.41) is 13.7. The molecule has 0 bridgehead atoms. The molecule has 3 N–H and O–H groups in total. The SMILES string of the molecule is CCOCC(NC(=O)NCCOCC(=O)O)C(C)C.